The van der Waals surface area contributed by atoms with Crippen LogP contribution in [0, 0.1) is 0 Å². The van der Waals surface area contributed by atoms with E-state index in [1.54, 1.807) is 18.2 Å². The number of carbonyl (C=O) groups excluding carboxylic acids is 9. The number of nitrogens with zero attached hydrogens (tertiary/aromatic N) is 3. The molecule has 0 radical (unpaired) electrons. The molecule has 1 aliphatic carbocycles. The van der Waals surface area contributed by atoms with Gasteiger partial charge in [0.05, 0.1) is 30.6 Å². The van der Waals surface area contributed by atoms with Crippen LogP contribution in [0.3, 0.4) is 0 Å². The highest BCUT2D eigenvalue weighted by atomic mass is 32.2. The number of amides is 6. The van der Waals surface area contributed by atoms with Crippen molar-refractivity contribution in [3.8, 4) is 0 Å². The Morgan fingerprint density at radius 3 is 1.19 bits per heavy atom. The number of unbranched alkanes of at least 4 members (excludes halogenated alkanes) is 23. The third-order valence-electron chi connectivity index (χ3n) is 21.1. The van der Waals surface area contributed by atoms with Crippen molar-refractivity contribution in [2.75, 3.05) is 56.3 Å². The van der Waals surface area contributed by atoms with Crippen molar-refractivity contribution in [2.45, 2.75) is 254 Å². The van der Waals surface area contributed by atoms with E-state index in [1.165, 1.54) is 156 Å². The minimum Gasteiger partial charge on any atom is -0.463 e. The first kappa shape index (κ1) is 87.0. The van der Waals surface area contributed by atoms with E-state index >= 15 is 0 Å². The molecule has 6 amide bonds. The first-order chi connectivity index (χ1) is 53.7. The zero-order valence-electron chi connectivity index (χ0n) is 65.5. The van der Waals surface area contributed by atoms with Gasteiger partial charge in [0.1, 0.15) is 0 Å². The molecule has 19 heteroatoms. The smallest absolute Gasteiger partial charge is 0.330 e. The third kappa shape index (κ3) is 25.2. The summed E-state index contributed by atoms with van der Waals surface area (Å²) >= 11 is 1.83. The topological polar surface area (TPSA) is 220 Å². The van der Waals surface area contributed by atoms with E-state index in [0.29, 0.717) is 127 Å². The second kappa shape index (κ2) is 47.6. The lowest BCUT2D eigenvalue weighted by molar-refractivity contribution is -0.138. The quantitative estimate of drug-likeness (QED) is 0.00938. The molecular weight excluding hydrogens is 1420 g/mol. The average molecular weight is 1540 g/mol. The standard InChI is InChI=1S/C32H43NO5S.C31H41NO4S.C28H34N2O4/c1-3-5-6-7-8-9-10-11-12-16-24-39(37)28-21-20-27-30-25(28)18-17-19-26(30)31(35)33(32(27)36)22-14-13-15-23-38-29(34)4-2;1-3-5-6-7-8-9-10-11-15-23-37-27-20-19-26-29-24(27)17-16-18-25(29)30(34)32(31(26)35)21-13-12-14-22-36-28(33)4-2;1-2-25(31)34-19-10-6-9-18-30-27(32)22-15-11-14-21-24(17-16-23(26(21)22)28(30)33)29-20-12-7-4-3-5-8-13-20/h4,17-21H,2-3,5-16,22-24H2,1H3;4,16-20H,2-3,5-15,21-23H2,1H3;2,11,14-17,20,29H,1,3-10,12-13,18-19H2. The van der Waals surface area contributed by atoms with Crippen LogP contribution in [0.2, 0.25) is 0 Å². The SMILES string of the molecule is C=CC(=O)OCCCCCN1C(=O)c2cccc3c(NC4CCCCCCC4)ccc(c23)C1=O.C=CC(=O)OCCCCCN1C(=O)c2cccc3c(S(=O)CCCCCCCCCCCC)ccc(c23)C1=O.C=CC(=O)OCCCCCN1C(=O)c2cccc3c(SCCCCCCCCCCC)ccc(c23)C1=O. The predicted molar refractivity (Wildman–Crippen MR) is 444 cm³/mol. The zero-order valence-corrected chi connectivity index (χ0v) is 67.1. The fourth-order valence-corrected chi connectivity index (χ4v) is 17.4. The van der Waals surface area contributed by atoms with Crippen molar-refractivity contribution in [1.29, 1.82) is 0 Å². The highest BCUT2D eigenvalue weighted by Gasteiger charge is 2.36. The molecule has 4 aliphatic rings. The molecular formula is C91H118N4O13S2. The maximum atomic E-state index is 13.3. The molecule has 0 saturated heterocycles. The van der Waals surface area contributed by atoms with Gasteiger partial charge in [-0.25, -0.2) is 14.4 Å². The van der Waals surface area contributed by atoms with Gasteiger partial charge in [0.2, 0.25) is 0 Å². The highest BCUT2D eigenvalue weighted by molar-refractivity contribution is 7.99. The molecule has 110 heavy (non-hydrogen) atoms. The molecule has 3 heterocycles. The predicted octanol–water partition coefficient (Wildman–Crippen LogP) is 21.2. The summed E-state index contributed by atoms with van der Waals surface area (Å²) in [6.45, 7) is 16.5. The second-order valence-corrected chi connectivity index (χ2v) is 31.9. The van der Waals surface area contributed by atoms with Gasteiger partial charge in [-0.05, 0) is 155 Å². The third-order valence-corrected chi connectivity index (χ3v) is 23.8. The Kier molecular flexibility index (Phi) is 37.7. The van der Waals surface area contributed by atoms with Gasteiger partial charge in [0.15, 0.2) is 0 Å². The van der Waals surface area contributed by atoms with Crippen LogP contribution in [0.1, 0.15) is 301 Å². The van der Waals surface area contributed by atoms with E-state index in [-0.39, 0.29) is 42.0 Å². The van der Waals surface area contributed by atoms with Gasteiger partial charge in [-0.3, -0.25) is 47.7 Å². The molecule has 6 aromatic rings. The van der Waals surface area contributed by atoms with E-state index < -0.39 is 28.7 Å². The molecule has 1 saturated carbocycles. The summed E-state index contributed by atoms with van der Waals surface area (Å²) in [6, 6.07) is 28.7. The Morgan fingerprint density at radius 2 is 0.755 bits per heavy atom. The van der Waals surface area contributed by atoms with Gasteiger partial charge in [0, 0.05) is 120 Å². The summed E-state index contributed by atoms with van der Waals surface area (Å²) in [5, 5.41) is 8.59. The van der Waals surface area contributed by atoms with Crippen LogP contribution in [-0.4, -0.2) is 129 Å². The number of imide groups is 3. The summed E-state index contributed by atoms with van der Waals surface area (Å²) in [4.78, 5) is 119. The van der Waals surface area contributed by atoms with Crippen molar-refractivity contribution < 1.29 is 61.6 Å². The number of hydrogen-bond donors (Lipinski definition) is 1. The molecule has 10 rings (SSSR count). The average Bonchev–Trinajstić information content (AvgIpc) is 0.751. The Labute approximate surface area is 659 Å². The number of nitrogens with one attached hydrogen (secondary N) is 1. The molecule has 0 bridgehead atoms. The fourth-order valence-electron chi connectivity index (χ4n) is 15.0. The number of carbonyl (C=O) groups is 9. The van der Waals surface area contributed by atoms with Gasteiger partial charge in [-0.15, -0.1) is 11.8 Å². The normalized spacial score (nSPS) is 14.3. The number of anilines is 1. The summed E-state index contributed by atoms with van der Waals surface area (Å²) in [5.41, 5.74) is 4.38. The molecule has 1 N–H and O–H groups in total. The van der Waals surface area contributed by atoms with Crippen LogP contribution in [0.4, 0.5) is 5.69 Å². The van der Waals surface area contributed by atoms with Crippen LogP contribution in [0.25, 0.3) is 32.3 Å². The first-order valence-electron chi connectivity index (χ1n) is 41.1. The number of esters is 3. The first-order valence-corrected chi connectivity index (χ1v) is 43.4. The summed E-state index contributed by atoms with van der Waals surface area (Å²) in [6.07, 6.45) is 42.4. The molecule has 0 aromatic heterocycles. The van der Waals surface area contributed by atoms with Gasteiger partial charge in [-0.1, -0.05) is 211 Å². The number of ether oxygens (including phenoxy) is 3. The van der Waals surface area contributed by atoms with Crippen LogP contribution in [-0.2, 0) is 39.4 Å². The number of rotatable bonds is 46. The molecule has 592 valence electrons. The zero-order chi connectivity index (χ0) is 78.4. The van der Waals surface area contributed by atoms with E-state index in [2.05, 4.69) is 38.9 Å². The Bertz CT molecular complexity index is 4090. The molecule has 3 aliphatic heterocycles. The fraction of sp³-hybridized carbons (Fsp3) is 0.505. The molecule has 6 aromatic carbocycles. The van der Waals surface area contributed by atoms with Gasteiger partial charge in [0.25, 0.3) is 35.4 Å². The summed E-state index contributed by atoms with van der Waals surface area (Å²) in [5.74, 6) is -1.22. The Hall–Kier alpha value is -8.55. The Morgan fingerprint density at radius 1 is 0.409 bits per heavy atom. The lowest BCUT2D eigenvalue weighted by atomic mass is 9.92. The number of thioether (sulfide) groups is 1. The van der Waals surface area contributed by atoms with Crippen LogP contribution in [0.5, 0.6) is 0 Å². The van der Waals surface area contributed by atoms with Gasteiger partial charge < -0.3 is 19.5 Å². The Balaban J connectivity index is 0.000000208. The van der Waals surface area contributed by atoms with Crippen LogP contribution in [0.15, 0.2) is 139 Å². The molecule has 1 atom stereocenters. The van der Waals surface area contributed by atoms with Gasteiger partial charge in [-0.2, -0.15) is 0 Å². The van der Waals surface area contributed by atoms with Crippen molar-refractivity contribution in [1.82, 2.24) is 14.7 Å². The van der Waals surface area contributed by atoms with E-state index in [0.717, 1.165) is 106 Å². The number of benzene rings is 6. The summed E-state index contributed by atoms with van der Waals surface area (Å²) in [7, 11) is -1.19. The van der Waals surface area contributed by atoms with Gasteiger partial charge >= 0.3 is 17.9 Å². The maximum absolute atomic E-state index is 13.3. The second-order valence-electron chi connectivity index (χ2n) is 29.2. The van der Waals surface area contributed by atoms with E-state index in [4.69, 9.17) is 14.2 Å². The molecule has 1 fully saturated rings. The minimum atomic E-state index is -1.19. The highest BCUT2D eigenvalue weighted by Crippen LogP contribution is 2.40. The largest absolute Gasteiger partial charge is 0.463 e. The van der Waals surface area contributed by atoms with Crippen molar-refractivity contribution in [2.24, 2.45) is 0 Å². The van der Waals surface area contributed by atoms with Crippen molar-refractivity contribution in [3.05, 3.63) is 162 Å². The monoisotopic (exact) mass is 1540 g/mol. The lowest BCUT2D eigenvalue weighted by Crippen LogP contribution is -2.41. The van der Waals surface area contributed by atoms with E-state index in [1.807, 2.05) is 84.6 Å². The molecule has 1 unspecified atom stereocenters. The molecule has 17 nitrogen and oxygen atoms in total. The van der Waals surface area contributed by atoms with Crippen LogP contribution >= 0.6 is 11.8 Å². The lowest BCUT2D eigenvalue weighted by Gasteiger charge is -2.29. The summed E-state index contributed by atoms with van der Waals surface area (Å²) < 4.78 is 28.2. The minimum absolute atomic E-state index is 0.220. The maximum Gasteiger partial charge on any atom is 0.330 e. The van der Waals surface area contributed by atoms with E-state index in [9.17, 15) is 47.4 Å². The van der Waals surface area contributed by atoms with Crippen LogP contribution < -0.4 is 5.32 Å². The molecule has 0 spiro atoms. The van der Waals surface area contributed by atoms with Crippen molar-refractivity contribution >= 4 is 114 Å². The number of hydrogen-bond acceptors (Lipinski definition) is 15. The van der Waals surface area contributed by atoms with Crippen molar-refractivity contribution in [3.63, 3.8) is 0 Å².